The summed E-state index contributed by atoms with van der Waals surface area (Å²) < 4.78 is 3.15. The zero-order chi connectivity index (χ0) is 11.0. The van der Waals surface area contributed by atoms with Gasteiger partial charge in [0.05, 0.1) is 5.69 Å². The van der Waals surface area contributed by atoms with E-state index in [2.05, 4.69) is 37.0 Å². The average molecular weight is 321 g/mol. The second-order valence-electron chi connectivity index (χ2n) is 3.40. The van der Waals surface area contributed by atoms with Crippen molar-refractivity contribution in [1.29, 1.82) is 0 Å². The molecule has 0 amide bonds. The van der Waals surface area contributed by atoms with E-state index in [4.69, 9.17) is 0 Å². The zero-order valence-electron chi connectivity index (χ0n) is 8.34. The molecule has 0 aliphatic carbocycles. The Labute approximate surface area is 106 Å². The summed E-state index contributed by atoms with van der Waals surface area (Å²) >= 11 is 2.30. The second kappa shape index (κ2) is 3.86. The summed E-state index contributed by atoms with van der Waals surface area (Å²) in [5.41, 5.74) is 2.80. The van der Waals surface area contributed by atoms with Gasteiger partial charge in [0.25, 0.3) is 0 Å². The van der Waals surface area contributed by atoms with Crippen LogP contribution in [-0.4, -0.2) is 14.4 Å². The predicted octanol–water partition coefficient (Wildman–Crippen LogP) is 3.00. The van der Waals surface area contributed by atoms with E-state index >= 15 is 0 Å². The van der Waals surface area contributed by atoms with Gasteiger partial charge in [0.15, 0.2) is 0 Å². The fraction of sp³-hybridized carbons (Fsp3) is 0. The van der Waals surface area contributed by atoms with Crippen LogP contribution in [0.1, 0.15) is 0 Å². The highest BCUT2D eigenvalue weighted by atomic mass is 127. The molecule has 0 aliphatic rings. The molecule has 0 N–H and O–H groups in total. The maximum Gasteiger partial charge on any atom is 0.138 e. The van der Waals surface area contributed by atoms with Gasteiger partial charge in [-0.3, -0.25) is 9.38 Å². The minimum absolute atomic E-state index is 0.913. The lowest BCUT2D eigenvalue weighted by atomic mass is 10.3. The third-order valence-electron chi connectivity index (χ3n) is 2.38. The standard InChI is InChI=1S/C12H8IN3/c13-12-11(9-5-1-3-7-14-9)15-10-6-2-4-8-16(10)12/h1-8H. The lowest BCUT2D eigenvalue weighted by molar-refractivity contribution is 1.15. The van der Waals surface area contributed by atoms with Crippen LogP contribution in [0, 0.1) is 3.70 Å². The van der Waals surface area contributed by atoms with Gasteiger partial charge in [-0.15, -0.1) is 0 Å². The molecule has 0 fully saturated rings. The van der Waals surface area contributed by atoms with Gasteiger partial charge in [-0.25, -0.2) is 4.98 Å². The van der Waals surface area contributed by atoms with Crippen LogP contribution in [0.5, 0.6) is 0 Å². The summed E-state index contributed by atoms with van der Waals surface area (Å²) in [6.07, 6.45) is 3.80. The average Bonchev–Trinajstić information content (AvgIpc) is 2.69. The van der Waals surface area contributed by atoms with Gasteiger partial charge in [-0.2, -0.15) is 0 Å². The lowest BCUT2D eigenvalue weighted by Crippen LogP contribution is -1.87. The molecular formula is C12H8IN3. The third-order valence-corrected chi connectivity index (χ3v) is 3.41. The number of pyridine rings is 2. The molecule has 78 valence electrons. The van der Waals surface area contributed by atoms with E-state index in [1.165, 1.54) is 0 Å². The van der Waals surface area contributed by atoms with Crippen molar-refractivity contribution < 1.29 is 0 Å². The molecule has 0 spiro atoms. The Morgan fingerprint density at radius 3 is 2.69 bits per heavy atom. The molecule has 4 heteroatoms. The molecule has 0 radical (unpaired) electrons. The van der Waals surface area contributed by atoms with E-state index in [1.807, 2.05) is 42.6 Å². The Balaban J connectivity index is 2.29. The number of halogens is 1. The van der Waals surface area contributed by atoms with Gasteiger partial charge in [-0.05, 0) is 46.9 Å². The number of imidazole rings is 1. The van der Waals surface area contributed by atoms with E-state index < -0.39 is 0 Å². The molecule has 0 bridgehead atoms. The van der Waals surface area contributed by atoms with Gasteiger partial charge in [0.2, 0.25) is 0 Å². The fourth-order valence-corrected chi connectivity index (χ4v) is 2.44. The molecule has 0 saturated carbocycles. The molecule has 0 aromatic carbocycles. The van der Waals surface area contributed by atoms with Crippen molar-refractivity contribution in [3.8, 4) is 11.4 Å². The van der Waals surface area contributed by atoms with Gasteiger partial charge in [0, 0.05) is 12.4 Å². The zero-order valence-corrected chi connectivity index (χ0v) is 10.5. The molecule has 0 atom stereocenters. The van der Waals surface area contributed by atoms with Crippen LogP contribution in [-0.2, 0) is 0 Å². The first-order valence-corrected chi connectivity index (χ1v) is 5.98. The van der Waals surface area contributed by atoms with Crippen LogP contribution in [0.2, 0.25) is 0 Å². The first kappa shape index (κ1) is 9.77. The lowest BCUT2D eigenvalue weighted by Gasteiger charge is -1.95. The SMILES string of the molecule is Ic1c(-c2ccccn2)nc2ccccn12. The predicted molar refractivity (Wildman–Crippen MR) is 71.1 cm³/mol. The largest absolute Gasteiger partial charge is 0.294 e. The van der Waals surface area contributed by atoms with Crippen LogP contribution >= 0.6 is 22.6 Å². The highest BCUT2D eigenvalue weighted by Gasteiger charge is 2.11. The smallest absolute Gasteiger partial charge is 0.138 e. The van der Waals surface area contributed by atoms with Crippen LogP contribution in [0.15, 0.2) is 48.8 Å². The Hall–Kier alpha value is -1.43. The maximum atomic E-state index is 4.58. The molecular weight excluding hydrogens is 313 g/mol. The summed E-state index contributed by atoms with van der Waals surface area (Å²) in [4.78, 5) is 8.90. The number of fused-ring (bicyclic) bond motifs is 1. The van der Waals surface area contributed by atoms with Crippen molar-refractivity contribution in [3.05, 3.63) is 52.5 Å². The number of nitrogens with zero attached hydrogens (tertiary/aromatic N) is 3. The first-order valence-electron chi connectivity index (χ1n) is 4.90. The van der Waals surface area contributed by atoms with Gasteiger partial charge >= 0.3 is 0 Å². The van der Waals surface area contributed by atoms with E-state index in [-0.39, 0.29) is 0 Å². The van der Waals surface area contributed by atoms with Crippen molar-refractivity contribution in [2.75, 3.05) is 0 Å². The molecule has 16 heavy (non-hydrogen) atoms. The molecule has 0 unspecified atom stereocenters. The van der Waals surface area contributed by atoms with Crippen molar-refractivity contribution in [3.63, 3.8) is 0 Å². The molecule has 3 heterocycles. The maximum absolute atomic E-state index is 4.58. The van der Waals surface area contributed by atoms with E-state index in [9.17, 15) is 0 Å². The molecule has 3 aromatic rings. The molecule has 0 aliphatic heterocycles. The van der Waals surface area contributed by atoms with Crippen LogP contribution in [0.25, 0.3) is 17.0 Å². The van der Waals surface area contributed by atoms with Gasteiger partial charge < -0.3 is 0 Å². The molecule has 3 aromatic heterocycles. The Bertz CT molecular complexity index is 631. The van der Waals surface area contributed by atoms with E-state index in [0.717, 1.165) is 20.7 Å². The second-order valence-corrected chi connectivity index (χ2v) is 4.42. The highest BCUT2D eigenvalue weighted by molar-refractivity contribution is 14.1. The summed E-state index contributed by atoms with van der Waals surface area (Å²) in [5, 5.41) is 0. The normalized spacial score (nSPS) is 10.8. The monoisotopic (exact) mass is 321 g/mol. The Morgan fingerprint density at radius 2 is 1.94 bits per heavy atom. The third kappa shape index (κ3) is 1.49. The Morgan fingerprint density at radius 1 is 1.06 bits per heavy atom. The number of aromatic nitrogens is 3. The topological polar surface area (TPSA) is 30.2 Å². The van der Waals surface area contributed by atoms with Gasteiger partial charge in [0.1, 0.15) is 15.0 Å². The summed E-state index contributed by atoms with van der Waals surface area (Å²) in [7, 11) is 0. The minimum Gasteiger partial charge on any atom is -0.294 e. The minimum atomic E-state index is 0.913. The molecule has 3 rings (SSSR count). The van der Waals surface area contributed by atoms with E-state index in [0.29, 0.717) is 0 Å². The Kier molecular flexibility index (Phi) is 2.36. The van der Waals surface area contributed by atoms with Crippen LogP contribution < -0.4 is 0 Å². The van der Waals surface area contributed by atoms with E-state index in [1.54, 1.807) is 6.20 Å². The highest BCUT2D eigenvalue weighted by Crippen LogP contribution is 2.23. The van der Waals surface area contributed by atoms with Crippen LogP contribution in [0.3, 0.4) is 0 Å². The number of hydrogen-bond donors (Lipinski definition) is 0. The van der Waals surface area contributed by atoms with Crippen LogP contribution in [0.4, 0.5) is 0 Å². The van der Waals surface area contributed by atoms with Crippen molar-refractivity contribution in [2.24, 2.45) is 0 Å². The number of rotatable bonds is 1. The van der Waals surface area contributed by atoms with Crippen molar-refractivity contribution in [2.45, 2.75) is 0 Å². The quantitative estimate of drug-likeness (QED) is 0.645. The van der Waals surface area contributed by atoms with Crippen molar-refractivity contribution >= 4 is 28.2 Å². The molecule has 0 saturated heterocycles. The summed E-state index contributed by atoms with van der Waals surface area (Å²) in [6.45, 7) is 0. The molecule has 3 nitrogen and oxygen atoms in total. The van der Waals surface area contributed by atoms with Gasteiger partial charge in [-0.1, -0.05) is 12.1 Å². The number of hydrogen-bond acceptors (Lipinski definition) is 2. The summed E-state index contributed by atoms with van der Waals surface area (Å²) in [6, 6.07) is 11.8. The fourth-order valence-electron chi connectivity index (χ4n) is 1.63. The first-order chi connectivity index (χ1) is 7.86. The summed E-state index contributed by atoms with van der Waals surface area (Å²) in [5.74, 6) is 0. The van der Waals surface area contributed by atoms with Crippen molar-refractivity contribution in [1.82, 2.24) is 14.4 Å².